The van der Waals surface area contributed by atoms with Gasteiger partial charge in [-0.05, 0) is 19.3 Å². The van der Waals surface area contributed by atoms with Crippen LogP contribution in [-0.4, -0.2) is 19.3 Å². The Morgan fingerprint density at radius 3 is 2.78 bits per heavy atom. The fourth-order valence-electron chi connectivity index (χ4n) is 0.557. The molecule has 0 fully saturated rings. The Kier molecular flexibility index (Phi) is 4.88. The number of nitrogens with one attached hydrogen (secondary N) is 1. The van der Waals surface area contributed by atoms with Gasteiger partial charge < -0.3 is 5.32 Å². The molecule has 0 aromatic heterocycles. The number of rotatable bonds is 5. The Labute approximate surface area is 56.7 Å². The zero-order chi connectivity index (χ0) is 7.11. The van der Waals surface area contributed by atoms with Gasteiger partial charge in [0.2, 0.25) is 0 Å². The summed E-state index contributed by atoms with van der Waals surface area (Å²) in [5.41, 5.74) is 0. The summed E-state index contributed by atoms with van der Waals surface area (Å²) in [7, 11) is 0. The minimum Gasteiger partial charge on any atom is -0.389 e. The van der Waals surface area contributed by atoms with E-state index in [4.69, 9.17) is 0 Å². The summed E-state index contributed by atoms with van der Waals surface area (Å²) in [4.78, 5) is 3.88. The van der Waals surface area contributed by atoms with Crippen LogP contribution in [0.1, 0.15) is 13.3 Å². The number of aliphatic imine (C=N–C) groups is 1. The molecule has 52 valence electrons. The molecule has 0 saturated carbocycles. The van der Waals surface area contributed by atoms with Gasteiger partial charge in [-0.1, -0.05) is 13.5 Å². The van der Waals surface area contributed by atoms with Crippen molar-refractivity contribution in [2.45, 2.75) is 19.4 Å². The first-order valence-corrected chi connectivity index (χ1v) is 3.15. The van der Waals surface area contributed by atoms with Gasteiger partial charge in [0.05, 0.1) is 6.04 Å². The Morgan fingerprint density at radius 2 is 2.44 bits per heavy atom. The molecule has 1 atom stereocenters. The third-order valence-corrected chi connectivity index (χ3v) is 1.23. The Morgan fingerprint density at radius 1 is 1.78 bits per heavy atom. The van der Waals surface area contributed by atoms with Gasteiger partial charge in [-0.15, -0.1) is 0 Å². The highest BCUT2D eigenvalue weighted by Gasteiger charge is 1.97. The zero-order valence-electron chi connectivity index (χ0n) is 5.93. The minimum absolute atomic E-state index is 0.336. The predicted molar refractivity (Wildman–Crippen MR) is 41.8 cm³/mol. The maximum absolute atomic E-state index is 3.88. The van der Waals surface area contributed by atoms with Gasteiger partial charge in [-0.3, -0.25) is 4.99 Å². The second-order valence-corrected chi connectivity index (χ2v) is 1.86. The summed E-state index contributed by atoms with van der Waals surface area (Å²) in [5.74, 6) is 0. The highest BCUT2D eigenvalue weighted by atomic mass is 14.9. The summed E-state index contributed by atoms with van der Waals surface area (Å²) in [5, 5.41) is 2.98. The molecule has 1 unspecified atom stereocenters. The van der Waals surface area contributed by atoms with Crippen LogP contribution in [0.25, 0.3) is 0 Å². The van der Waals surface area contributed by atoms with Gasteiger partial charge in [0.25, 0.3) is 0 Å². The summed E-state index contributed by atoms with van der Waals surface area (Å²) >= 11 is 0. The van der Waals surface area contributed by atoms with Crippen molar-refractivity contribution in [3.05, 3.63) is 12.8 Å². The molecule has 0 aliphatic heterocycles. The van der Waals surface area contributed by atoms with Crippen molar-refractivity contribution in [2.75, 3.05) is 6.54 Å². The van der Waals surface area contributed by atoms with E-state index in [1.165, 1.54) is 0 Å². The first kappa shape index (κ1) is 8.21. The van der Waals surface area contributed by atoms with Crippen LogP contribution in [0.3, 0.4) is 0 Å². The zero-order valence-corrected chi connectivity index (χ0v) is 5.93. The van der Waals surface area contributed by atoms with Crippen LogP contribution in [-0.2, 0) is 0 Å². The normalized spacial score (nSPS) is 12.1. The average Bonchev–Trinajstić information content (AvgIpc) is 1.91. The fourth-order valence-corrected chi connectivity index (χ4v) is 0.557. The molecular formula is C7H14N2. The third kappa shape index (κ3) is 3.76. The molecule has 9 heavy (non-hydrogen) atoms. The molecule has 0 aromatic carbocycles. The average molecular weight is 126 g/mol. The molecule has 0 aromatic rings. The van der Waals surface area contributed by atoms with Crippen molar-refractivity contribution in [1.82, 2.24) is 5.32 Å². The summed E-state index contributed by atoms with van der Waals surface area (Å²) < 4.78 is 0. The lowest BCUT2D eigenvalue weighted by Crippen LogP contribution is -2.19. The molecular weight excluding hydrogens is 112 g/mol. The van der Waals surface area contributed by atoms with Gasteiger partial charge in [0.1, 0.15) is 0 Å². The first-order valence-electron chi connectivity index (χ1n) is 3.15. The van der Waals surface area contributed by atoms with Crippen LogP contribution in [0.5, 0.6) is 0 Å². The molecule has 0 spiro atoms. The summed E-state index contributed by atoms with van der Waals surface area (Å²) in [6.07, 6.45) is 2.71. The van der Waals surface area contributed by atoms with Gasteiger partial charge in [0.15, 0.2) is 0 Å². The van der Waals surface area contributed by atoms with E-state index in [1.54, 1.807) is 6.20 Å². The van der Waals surface area contributed by atoms with E-state index in [0.717, 1.165) is 13.0 Å². The number of hydrogen-bond donors (Lipinski definition) is 1. The van der Waals surface area contributed by atoms with Crippen molar-refractivity contribution in [1.29, 1.82) is 0 Å². The third-order valence-electron chi connectivity index (χ3n) is 1.23. The monoisotopic (exact) mass is 126 g/mol. The standard InChI is InChI=1S/C7H14N2/c1-4-7(8-3)6-9-5-2/h5,7,9H,2-4,6H2,1H3. The first-order chi connectivity index (χ1) is 4.35. The smallest absolute Gasteiger partial charge is 0.0661 e. The predicted octanol–water partition coefficient (Wildman–Crippen LogP) is 1.20. The Bertz CT molecular complexity index is 88.9. The fraction of sp³-hybridized carbons (Fsp3) is 0.571. The highest BCUT2D eigenvalue weighted by molar-refractivity contribution is 5.24. The molecule has 0 radical (unpaired) electrons. The second-order valence-electron chi connectivity index (χ2n) is 1.86. The maximum atomic E-state index is 3.88. The van der Waals surface area contributed by atoms with Gasteiger partial charge in [0, 0.05) is 6.54 Å². The lowest BCUT2D eigenvalue weighted by atomic mass is 10.2. The topological polar surface area (TPSA) is 24.4 Å². The Hall–Kier alpha value is -0.790. The van der Waals surface area contributed by atoms with Crippen LogP contribution in [0.15, 0.2) is 17.8 Å². The minimum atomic E-state index is 0.336. The van der Waals surface area contributed by atoms with Gasteiger partial charge in [-0.25, -0.2) is 0 Å². The van der Waals surface area contributed by atoms with Crippen LogP contribution in [0.2, 0.25) is 0 Å². The van der Waals surface area contributed by atoms with Crippen LogP contribution in [0.4, 0.5) is 0 Å². The second kappa shape index (κ2) is 5.35. The van der Waals surface area contributed by atoms with Crippen molar-refractivity contribution >= 4 is 6.72 Å². The highest BCUT2D eigenvalue weighted by Crippen LogP contribution is 1.92. The van der Waals surface area contributed by atoms with Crippen molar-refractivity contribution in [2.24, 2.45) is 4.99 Å². The van der Waals surface area contributed by atoms with Crippen molar-refractivity contribution < 1.29 is 0 Å². The largest absolute Gasteiger partial charge is 0.389 e. The van der Waals surface area contributed by atoms with Gasteiger partial charge in [-0.2, -0.15) is 0 Å². The van der Waals surface area contributed by atoms with E-state index < -0.39 is 0 Å². The molecule has 0 bridgehead atoms. The quantitative estimate of drug-likeness (QED) is 0.550. The molecule has 2 nitrogen and oxygen atoms in total. The molecule has 0 aliphatic rings. The van der Waals surface area contributed by atoms with E-state index in [9.17, 15) is 0 Å². The van der Waals surface area contributed by atoms with E-state index in [0.29, 0.717) is 6.04 Å². The van der Waals surface area contributed by atoms with Crippen LogP contribution >= 0.6 is 0 Å². The van der Waals surface area contributed by atoms with Crippen LogP contribution in [0, 0.1) is 0 Å². The van der Waals surface area contributed by atoms with Crippen LogP contribution < -0.4 is 5.32 Å². The number of nitrogens with zero attached hydrogens (tertiary/aromatic N) is 1. The lowest BCUT2D eigenvalue weighted by Gasteiger charge is -2.06. The molecule has 2 heteroatoms. The Balaban J connectivity index is 3.30. The van der Waals surface area contributed by atoms with E-state index in [-0.39, 0.29) is 0 Å². The van der Waals surface area contributed by atoms with Crippen molar-refractivity contribution in [3.63, 3.8) is 0 Å². The van der Waals surface area contributed by atoms with E-state index in [2.05, 4.69) is 30.5 Å². The molecule has 0 amide bonds. The molecule has 0 rings (SSSR count). The molecule has 0 aliphatic carbocycles. The van der Waals surface area contributed by atoms with Gasteiger partial charge >= 0.3 is 0 Å². The van der Waals surface area contributed by atoms with Crippen molar-refractivity contribution in [3.8, 4) is 0 Å². The summed E-state index contributed by atoms with van der Waals surface area (Å²) in [6.45, 7) is 9.93. The number of hydrogen-bond acceptors (Lipinski definition) is 2. The molecule has 0 saturated heterocycles. The molecule has 0 heterocycles. The van der Waals surface area contributed by atoms with E-state index in [1.807, 2.05) is 0 Å². The molecule has 1 N–H and O–H groups in total. The van der Waals surface area contributed by atoms with E-state index >= 15 is 0 Å². The lowest BCUT2D eigenvalue weighted by molar-refractivity contribution is 0.623. The SMILES string of the molecule is C=CNCC(CC)N=C. The maximum Gasteiger partial charge on any atom is 0.0661 e. The summed E-state index contributed by atoms with van der Waals surface area (Å²) in [6, 6.07) is 0.336.